The van der Waals surface area contributed by atoms with Gasteiger partial charge >= 0.3 is 6.09 Å². The number of alkyl carbamates (subject to hydrolysis) is 1. The molecule has 2 aromatic rings. The average molecular weight is 706 g/mol. The summed E-state index contributed by atoms with van der Waals surface area (Å²) in [6, 6.07) is 9.02. The Kier molecular flexibility index (Phi) is 24.6. The maximum atomic E-state index is 14.0. The Labute approximate surface area is 288 Å². The molecule has 14 heteroatoms. The van der Waals surface area contributed by atoms with Crippen LogP contribution in [0, 0.1) is 11.6 Å². The van der Waals surface area contributed by atoms with Crippen LogP contribution in [-0.4, -0.2) is 79.1 Å². The molecule has 0 aliphatic carbocycles. The summed E-state index contributed by atoms with van der Waals surface area (Å²) in [5.74, 6) is -2.16. The molecule has 0 bridgehead atoms. The van der Waals surface area contributed by atoms with Crippen molar-refractivity contribution in [3.05, 3.63) is 70.8 Å². The van der Waals surface area contributed by atoms with Gasteiger partial charge in [0.15, 0.2) is 12.5 Å². The Morgan fingerprint density at radius 2 is 1.55 bits per heavy atom. The number of carbonyl (C=O) groups excluding carboxylic acids is 2. The van der Waals surface area contributed by atoms with Crippen molar-refractivity contribution in [2.45, 2.75) is 90.1 Å². The number of methoxy groups -OCH3 is 1. The first-order valence-electron chi connectivity index (χ1n) is 15.6. The number of aliphatic hydroxyl groups is 1. The monoisotopic (exact) mass is 705 g/mol. The second kappa shape index (κ2) is 26.2. The average Bonchev–Trinajstić information content (AvgIpc) is 3.03. The quantitative estimate of drug-likeness (QED) is 0.138. The third-order valence-electron chi connectivity index (χ3n) is 7.10. The van der Waals surface area contributed by atoms with Gasteiger partial charge in [0, 0.05) is 26.3 Å². The number of benzene rings is 2. The molecule has 2 aromatic carbocycles. The number of carbonyl (C=O) groups is 2. The Bertz CT molecular complexity index is 1140. The first-order valence-corrected chi connectivity index (χ1v) is 15.9. The molecule has 4 N–H and O–H groups in total. The topological polar surface area (TPSA) is 135 Å². The van der Waals surface area contributed by atoms with Gasteiger partial charge in [0.05, 0.1) is 31.5 Å². The molecule has 3 atom stereocenters. The maximum absolute atomic E-state index is 14.0. The number of nitrogens with one attached hydrogen (secondary N) is 3. The molecule has 266 valence electrons. The predicted octanol–water partition coefficient (Wildman–Crippen LogP) is 4.52. The van der Waals surface area contributed by atoms with Crippen molar-refractivity contribution in [1.29, 1.82) is 0 Å². The molecule has 0 saturated carbocycles. The fourth-order valence-electron chi connectivity index (χ4n) is 4.79. The van der Waals surface area contributed by atoms with E-state index in [2.05, 4.69) is 41.5 Å². The molecule has 2 amide bonds. The number of aliphatic hydroxyl groups excluding tert-OH is 1. The Hall–Kier alpha value is -2.81. The zero-order valence-corrected chi connectivity index (χ0v) is 29.2. The van der Waals surface area contributed by atoms with Crippen molar-refractivity contribution >= 4 is 36.9 Å². The third-order valence-corrected chi connectivity index (χ3v) is 7.10. The number of hydrogen-bond donors (Lipinski definition) is 4. The molecular formula is C33H50ClF2N3O7S. The largest absolute Gasteiger partial charge is 0.447 e. The van der Waals surface area contributed by atoms with Crippen LogP contribution >= 0.6 is 12.4 Å². The Morgan fingerprint density at radius 3 is 2.15 bits per heavy atom. The fraction of sp³-hybridized carbons (Fsp3) is 0.576. The van der Waals surface area contributed by atoms with E-state index in [9.17, 15) is 23.5 Å². The van der Waals surface area contributed by atoms with Crippen LogP contribution in [0.25, 0.3) is 0 Å². The summed E-state index contributed by atoms with van der Waals surface area (Å²) < 4.78 is 51.9. The minimum Gasteiger partial charge on any atom is -0.447 e. The summed E-state index contributed by atoms with van der Waals surface area (Å²) in [6.07, 6.45) is 2.14. The van der Waals surface area contributed by atoms with Gasteiger partial charge in [-0.2, -0.15) is 4.21 Å². The summed E-state index contributed by atoms with van der Waals surface area (Å²) in [5.41, 5.74) is 2.48. The van der Waals surface area contributed by atoms with E-state index in [4.69, 9.17) is 18.4 Å². The molecule has 0 fully saturated rings. The van der Waals surface area contributed by atoms with Gasteiger partial charge in [-0.25, -0.2) is 13.6 Å². The minimum absolute atomic E-state index is 0. The van der Waals surface area contributed by atoms with Crippen molar-refractivity contribution in [3.8, 4) is 0 Å². The summed E-state index contributed by atoms with van der Waals surface area (Å²) in [4.78, 5) is 26.0. The fourth-order valence-corrected chi connectivity index (χ4v) is 4.79. The van der Waals surface area contributed by atoms with Gasteiger partial charge in [-0.05, 0) is 54.5 Å². The zero-order valence-electron chi connectivity index (χ0n) is 27.6. The molecule has 0 aromatic heterocycles. The van der Waals surface area contributed by atoms with Crippen LogP contribution in [0.2, 0.25) is 0 Å². The number of rotatable bonds is 21. The molecule has 2 rings (SSSR count). The number of amides is 2. The Balaban J connectivity index is 0.00000691. The van der Waals surface area contributed by atoms with Gasteiger partial charge in [0.25, 0.3) is 0 Å². The van der Waals surface area contributed by atoms with Crippen molar-refractivity contribution in [1.82, 2.24) is 16.0 Å². The first-order chi connectivity index (χ1) is 22.2. The van der Waals surface area contributed by atoms with Crippen molar-refractivity contribution in [3.63, 3.8) is 0 Å². The smallest absolute Gasteiger partial charge is 0.407 e. The lowest BCUT2D eigenvalue weighted by molar-refractivity contribution is -0.127. The molecule has 0 spiro atoms. The number of aryl methyl sites for hydroxylation is 1. The van der Waals surface area contributed by atoms with Crippen LogP contribution in [0.5, 0.6) is 0 Å². The van der Waals surface area contributed by atoms with E-state index in [1.807, 2.05) is 32.0 Å². The van der Waals surface area contributed by atoms with Crippen LogP contribution in [0.4, 0.5) is 13.6 Å². The van der Waals surface area contributed by atoms with Crippen LogP contribution < -0.4 is 16.0 Å². The lowest BCUT2D eigenvalue weighted by Crippen LogP contribution is -2.56. The molecule has 1 unspecified atom stereocenters. The molecule has 47 heavy (non-hydrogen) atoms. The number of hydrogen-bond acceptors (Lipinski definition) is 9. The minimum atomic E-state index is -1.15. The van der Waals surface area contributed by atoms with Gasteiger partial charge in [0.2, 0.25) is 5.91 Å². The SMILES string of the molecule is CCCC(CCC)OCC(NC(=O)OCCOC)C(=O)N[C@@H](Cc1cc(F)cc(F)c1)[C@H](O)CNCc1cccc(CC)c1.Cl.O=S. The van der Waals surface area contributed by atoms with Gasteiger partial charge in [-0.1, -0.05) is 57.9 Å². The molecule has 0 heterocycles. The van der Waals surface area contributed by atoms with Crippen molar-refractivity contribution in [2.24, 2.45) is 0 Å². The maximum Gasteiger partial charge on any atom is 0.407 e. The molecule has 0 saturated heterocycles. The lowest BCUT2D eigenvalue weighted by atomic mass is 10.00. The van der Waals surface area contributed by atoms with Gasteiger partial charge in [-0.15, -0.1) is 12.4 Å². The summed E-state index contributed by atoms with van der Waals surface area (Å²) in [7, 11) is 1.47. The highest BCUT2D eigenvalue weighted by Gasteiger charge is 2.29. The number of halogens is 3. The highest BCUT2D eigenvalue weighted by molar-refractivity contribution is 7.44. The summed E-state index contributed by atoms with van der Waals surface area (Å²) >= 11 is 2.83. The van der Waals surface area contributed by atoms with E-state index in [1.54, 1.807) is 0 Å². The lowest BCUT2D eigenvalue weighted by Gasteiger charge is -2.28. The number of ether oxygens (including phenoxy) is 3. The van der Waals surface area contributed by atoms with Crippen LogP contribution in [0.1, 0.15) is 63.1 Å². The van der Waals surface area contributed by atoms with Crippen LogP contribution in [-0.2, 0) is 50.9 Å². The van der Waals surface area contributed by atoms with E-state index in [-0.39, 0.29) is 56.9 Å². The van der Waals surface area contributed by atoms with E-state index in [0.717, 1.165) is 55.9 Å². The Morgan fingerprint density at radius 1 is 0.915 bits per heavy atom. The van der Waals surface area contributed by atoms with Gasteiger partial charge in [0.1, 0.15) is 24.3 Å². The molecule has 0 radical (unpaired) electrons. The van der Waals surface area contributed by atoms with Crippen molar-refractivity contribution in [2.75, 3.05) is 33.5 Å². The third kappa shape index (κ3) is 18.4. The molecule has 0 aliphatic rings. The molecular weight excluding hydrogens is 656 g/mol. The zero-order chi connectivity index (χ0) is 34.3. The van der Waals surface area contributed by atoms with E-state index < -0.39 is 41.8 Å². The summed E-state index contributed by atoms with van der Waals surface area (Å²) in [6.45, 7) is 6.76. The second-order valence-electron chi connectivity index (χ2n) is 10.8. The van der Waals surface area contributed by atoms with E-state index in [1.165, 1.54) is 12.7 Å². The standard InChI is InChI=1S/C33H49F2N3O6.ClH.OS/c1-5-9-28(10-6-2)44-22-30(38-33(41)43-14-13-42-4)32(40)37-29(18-25-16-26(34)19-27(35)17-25)31(39)21-36-20-24-12-8-11-23(7-3)15-24;;1-2/h8,11-12,15-17,19,28-31,36,39H,5-7,9-10,13-14,18,20-22H2,1-4H3,(H,37,40)(H,38,41);1H;/t29-,30?,31+;;/m0../s1. The van der Waals surface area contributed by atoms with Crippen LogP contribution in [0.15, 0.2) is 42.5 Å². The summed E-state index contributed by atoms with van der Waals surface area (Å²) in [5, 5.41) is 19.7. The first kappa shape index (κ1) is 44.2. The second-order valence-corrected chi connectivity index (χ2v) is 10.8. The molecule has 10 nitrogen and oxygen atoms in total. The van der Waals surface area contributed by atoms with Crippen molar-refractivity contribution < 1.29 is 41.9 Å². The normalized spacial score (nSPS) is 12.6. The highest BCUT2D eigenvalue weighted by Crippen LogP contribution is 2.14. The highest BCUT2D eigenvalue weighted by atomic mass is 35.5. The van der Waals surface area contributed by atoms with E-state index >= 15 is 0 Å². The van der Waals surface area contributed by atoms with Gasteiger partial charge in [-0.3, -0.25) is 4.79 Å². The molecule has 0 aliphatic heterocycles. The van der Waals surface area contributed by atoms with Crippen LogP contribution in [0.3, 0.4) is 0 Å². The predicted molar refractivity (Wildman–Crippen MR) is 181 cm³/mol. The van der Waals surface area contributed by atoms with E-state index in [0.29, 0.717) is 6.54 Å². The van der Waals surface area contributed by atoms with Gasteiger partial charge < -0.3 is 35.3 Å².